The molecule has 0 saturated carbocycles. The molecule has 1 aromatic carbocycles. The van der Waals surface area contributed by atoms with Crippen molar-refractivity contribution >= 4 is 16.8 Å². The Bertz CT molecular complexity index is 839. The normalized spacial score (nSPS) is 12.5. The second-order valence-corrected chi connectivity index (χ2v) is 5.33. The van der Waals surface area contributed by atoms with E-state index in [0.717, 1.165) is 17.5 Å². The van der Waals surface area contributed by atoms with Crippen molar-refractivity contribution in [3.05, 3.63) is 53.9 Å². The Kier molecular flexibility index (Phi) is 3.63. The highest BCUT2D eigenvalue weighted by atomic mass is 16.3. The van der Waals surface area contributed by atoms with Crippen LogP contribution in [0.4, 0.5) is 0 Å². The summed E-state index contributed by atoms with van der Waals surface area (Å²) in [7, 11) is 0. The van der Waals surface area contributed by atoms with Gasteiger partial charge in [0.25, 0.3) is 0 Å². The third-order valence-corrected chi connectivity index (χ3v) is 3.85. The number of hydrogen-bond donors (Lipinski definition) is 1. The van der Waals surface area contributed by atoms with E-state index in [9.17, 15) is 9.90 Å². The summed E-state index contributed by atoms with van der Waals surface area (Å²) in [5.41, 5.74) is 1.49. The molecule has 1 N–H and O–H groups in total. The monoisotopic (exact) mass is 295 g/mol. The number of benzene rings is 1. The zero-order valence-electron chi connectivity index (χ0n) is 12.5. The van der Waals surface area contributed by atoms with Gasteiger partial charge in [-0.1, -0.05) is 19.1 Å². The molecule has 22 heavy (non-hydrogen) atoms. The second-order valence-electron chi connectivity index (χ2n) is 5.33. The molecule has 0 fully saturated rings. The number of ketones is 1. The van der Waals surface area contributed by atoms with Gasteiger partial charge in [0, 0.05) is 17.1 Å². The van der Waals surface area contributed by atoms with E-state index in [1.807, 2.05) is 4.68 Å². The fourth-order valence-corrected chi connectivity index (χ4v) is 2.38. The molecule has 0 bridgehead atoms. The van der Waals surface area contributed by atoms with Crippen molar-refractivity contribution in [1.29, 1.82) is 0 Å². The van der Waals surface area contributed by atoms with Crippen LogP contribution in [0.15, 0.2) is 42.7 Å². The Morgan fingerprint density at radius 3 is 2.82 bits per heavy atom. The van der Waals surface area contributed by atoms with Crippen LogP contribution in [0.25, 0.3) is 11.0 Å². The first-order valence-electron chi connectivity index (χ1n) is 7.27. The maximum absolute atomic E-state index is 12.5. The molecule has 1 atom stereocenters. The van der Waals surface area contributed by atoms with E-state index in [4.69, 9.17) is 0 Å². The molecule has 0 aliphatic carbocycles. The highest BCUT2D eigenvalue weighted by Gasteiger charge is 2.16. The lowest BCUT2D eigenvalue weighted by Gasteiger charge is -2.10. The van der Waals surface area contributed by atoms with Crippen molar-refractivity contribution in [2.45, 2.75) is 26.3 Å². The van der Waals surface area contributed by atoms with Crippen molar-refractivity contribution < 1.29 is 9.90 Å². The van der Waals surface area contributed by atoms with Gasteiger partial charge < -0.3 is 5.11 Å². The number of nitrogens with zero attached hydrogens (tertiary/aromatic N) is 3. The number of phenolic OH excluding ortho intramolecular Hbond substituents is 1. The topological polar surface area (TPSA) is 68.0 Å². The number of carbonyl (C=O) groups excluding carboxylic acids is 1. The highest BCUT2D eigenvalue weighted by molar-refractivity contribution is 6.11. The van der Waals surface area contributed by atoms with Crippen LogP contribution in [-0.4, -0.2) is 25.7 Å². The molecule has 0 aliphatic heterocycles. The van der Waals surface area contributed by atoms with Gasteiger partial charge in [-0.2, -0.15) is 5.10 Å². The summed E-state index contributed by atoms with van der Waals surface area (Å²) >= 11 is 0. The summed E-state index contributed by atoms with van der Waals surface area (Å²) < 4.78 is 1.86. The van der Waals surface area contributed by atoms with Crippen LogP contribution >= 0.6 is 0 Å². The first-order chi connectivity index (χ1) is 10.6. The van der Waals surface area contributed by atoms with Crippen LogP contribution in [0, 0.1) is 0 Å². The predicted octanol–water partition coefficient (Wildman–Crippen LogP) is 3.34. The molecule has 0 amide bonds. The van der Waals surface area contributed by atoms with E-state index in [1.54, 1.807) is 30.5 Å². The van der Waals surface area contributed by atoms with Gasteiger partial charge in [0.1, 0.15) is 5.75 Å². The summed E-state index contributed by atoms with van der Waals surface area (Å²) in [6.45, 7) is 4.17. The van der Waals surface area contributed by atoms with Crippen LogP contribution in [0.1, 0.15) is 42.2 Å². The van der Waals surface area contributed by atoms with E-state index in [-0.39, 0.29) is 23.1 Å². The van der Waals surface area contributed by atoms with Gasteiger partial charge in [0.2, 0.25) is 0 Å². The van der Waals surface area contributed by atoms with Gasteiger partial charge in [-0.05, 0) is 31.5 Å². The Labute approximate surface area is 128 Å². The van der Waals surface area contributed by atoms with Gasteiger partial charge in [0.05, 0.1) is 17.8 Å². The molecule has 0 aliphatic rings. The summed E-state index contributed by atoms with van der Waals surface area (Å²) in [4.78, 5) is 16.9. The Morgan fingerprint density at radius 1 is 1.32 bits per heavy atom. The van der Waals surface area contributed by atoms with E-state index < -0.39 is 0 Å². The number of rotatable bonds is 4. The number of aromatic hydroxyl groups is 1. The molecule has 2 heterocycles. The van der Waals surface area contributed by atoms with Crippen LogP contribution < -0.4 is 0 Å². The average Bonchev–Trinajstić information content (AvgIpc) is 2.97. The summed E-state index contributed by atoms with van der Waals surface area (Å²) in [6, 6.07) is 8.53. The Hall–Kier alpha value is -2.69. The van der Waals surface area contributed by atoms with Gasteiger partial charge in [-0.25, -0.2) is 9.67 Å². The molecule has 3 rings (SSSR count). The number of pyridine rings is 1. The third kappa shape index (κ3) is 2.35. The number of hydrogen-bond acceptors (Lipinski definition) is 4. The largest absolute Gasteiger partial charge is 0.507 e. The SMILES string of the molecule is CCC(C)n1ncc2cc(C(=O)c3ccccc3O)cnc21. The van der Waals surface area contributed by atoms with Gasteiger partial charge in [-0.15, -0.1) is 0 Å². The van der Waals surface area contributed by atoms with E-state index in [0.29, 0.717) is 5.56 Å². The zero-order valence-corrected chi connectivity index (χ0v) is 12.5. The maximum Gasteiger partial charge on any atom is 0.198 e. The molecule has 2 aromatic heterocycles. The minimum Gasteiger partial charge on any atom is -0.507 e. The lowest BCUT2D eigenvalue weighted by atomic mass is 10.0. The lowest BCUT2D eigenvalue weighted by molar-refractivity contribution is 0.103. The smallest absolute Gasteiger partial charge is 0.198 e. The van der Waals surface area contributed by atoms with Crippen LogP contribution in [0.2, 0.25) is 0 Å². The minimum absolute atomic E-state index is 0.0251. The first kappa shape index (κ1) is 14.3. The van der Waals surface area contributed by atoms with E-state index in [2.05, 4.69) is 23.9 Å². The minimum atomic E-state index is -0.246. The van der Waals surface area contributed by atoms with Crippen molar-refractivity contribution in [1.82, 2.24) is 14.8 Å². The fraction of sp³-hybridized carbons (Fsp3) is 0.235. The van der Waals surface area contributed by atoms with Crippen molar-refractivity contribution in [3.63, 3.8) is 0 Å². The molecule has 1 unspecified atom stereocenters. The van der Waals surface area contributed by atoms with Gasteiger partial charge in [-0.3, -0.25) is 4.79 Å². The first-order valence-corrected chi connectivity index (χ1v) is 7.27. The Balaban J connectivity index is 2.03. The van der Waals surface area contributed by atoms with Gasteiger partial charge >= 0.3 is 0 Å². The van der Waals surface area contributed by atoms with Crippen molar-refractivity contribution in [3.8, 4) is 5.75 Å². The zero-order chi connectivity index (χ0) is 15.7. The summed E-state index contributed by atoms with van der Waals surface area (Å²) in [5.74, 6) is -0.272. The number of para-hydroxylation sites is 1. The molecule has 0 spiro atoms. The summed E-state index contributed by atoms with van der Waals surface area (Å²) in [6.07, 6.45) is 4.21. The second kappa shape index (κ2) is 5.60. The standard InChI is InChI=1S/C17H17N3O2/c1-3-11(2)20-17-13(10-19-20)8-12(9-18-17)16(22)14-6-4-5-7-15(14)21/h4-11,21H,3H2,1-2H3. The lowest BCUT2D eigenvalue weighted by Crippen LogP contribution is -2.07. The quantitative estimate of drug-likeness (QED) is 0.750. The molecular weight excluding hydrogens is 278 g/mol. The molecule has 5 heteroatoms. The molecule has 0 radical (unpaired) electrons. The third-order valence-electron chi connectivity index (χ3n) is 3.85. The number of fused-ring (bicyclic) bond motifs is 1. The van der Waals surface area contributed by atoms with Gasteiger partial charge in [0.15, 0.2) is 11.4 Å². The molecule has 0 saturated heterocycles. The molecular formula is C17H17N3O2. The van der Waals surface area contributed by atoms with Crippen LogP contribution in [-0.2, 0) is 0 Å². The molecule has 112 valence electrons. The highest BCUT2D eigenvalue weighted by Crippen LogP contribution is 2.23. The molecule has 3 aromatic rings. The van der Waals surface area contributed by atoms with Crippen molar-refractivity contribution in [2.75, 3.05) is 0 Å². The number of aromatic nitrogens is 3. The predicted molar refractivity (Wildman–Crippen MR) is 84.1 cm³/mol. The van der Waals surface area contributed by atoms with Crippen LogP contribution in [0.3, 0.4) is 0 Å². The fourth-order valence-electron chi connectivity index (χ4n) is 2.38. The maximum atomic E-state index is 12.5. The van der Waals surface area contributed by atoms with Crippen molar-refractivity contribution in [2.24, 2.45) is 0 Å². The van der Waals surface area contributed by atoms with E-state index in [1.165, 1.54) is 12.3 Å². The number of phenols is 1. The summed E-state index contributed by atoms with van der Waals surface area (Å²) in [5, 5.41) is 15.0. The molecule has 5 nitrogen and oxygen atoms in total. The van der Waals surface area contributed by atoms with Crippen LogP contribution in [0.5, 0.6) is 5.75 Å². The average molecular weight is 295 g/mol. The Morgan fingerprint density at radius 2 is 2.09 bits per heavy atom. The van der Waals surface area contributed by atoms with E-state index >= 15 is 0 Å². The number of carbonyl (C=O) groups is 1.